The predicted molar refractivity (Wildman–Crippen MR) is 127 cm³/mol. The van der Waals surface area contributed by atoms with Crippen LogP contribution in [0.2, 0.25) is 10.0 Å². The van der Waals surface area contributed by atoms with Crippen molar-refractivity contribution in [1.82, 2.24) is 4.90 Å². The minimum Gasteiger partial charge on any atom is -0.507 e. The first-order valence-electron chi connectivity index (χ1n) is 10.4. The fraction of sp³-hybridized carbons (Fsp3) is 0.200. The number of aliphatic hydroxyl groups excluding tert-OH is 1. The number of Topliss-reactive ketones (excluding diaryl/α,β-unsaturated/α-hetero) is 1. The van der Waals surface area contributed by atoms with Crippen molar-refractivity contribution in [3.63, 3.8) is 0 Å². The third-order valence-electron chi connectivity index (χ3n) is 5.38. The van der Waals surface area contributed by atoms with Gasteiger partial charge >= 0.3 is 0 Å². The summed E-state index contributed by atoms with van der Waals surface area (Å²) in [5.41, 5.74) is 0.679. The van der Waals surface area contributed by atoms with Crippen LogP contribution in [0.5, 0.6) is 11.5 Å². The molecule has 1 aliphatic heterocycles. The first kappa shape index (κ1) is 23.7. The Morgan fingerprint density at radius 2 is 1.94 bits per heavy atom. The summed E-state index contributed by atoms with van der Waals surface area (Å²) in [6, 6.07) is 12.4. The van der Waals surface area contributed by atoms with Crippen molar-refractivity contribution in [2.75, 3.05) is 13.7 Å². The largest absolute Gasteiger partial charge is 0.507 e. The Bertz CT molecular complexity index is 1270. The highest BCUT2D eigenvalue weighted by atomic mass is 35.5. The molecule has 0 spiro atoms. The molecule has 7 nitrogen and oxygen atoms in total. The molecule has 1 fully saturated rings. The molecule has 2 aromatic carbocycles. The molecule has 3 aromatic rings. The van der Waals surface area contributed by atoms with E-state index in [4.69, 9.17) is 37.1 Å². The number of nitrogens with zero attached hydrogens (tertiary/aromatic N) is 1. The lowest BCUT2D eigenvalue weighted by atomic mass is 9.98. The van der Waals surface area contributed by atoms with Gasteiger partial charge in [-0.05, 0) is 48.9 Å². The summed E-state index contributed by atoms with van der Waals surface area (Å²) in [5, 5.41) is 11.6. The molecule has 4 rings (SSSR count). The van der Waals surface area contributed by atoms with Crippen molar-refractivity contribution in [3.8, 4) is 11.5 Å². The molecule has 2 heterocycles. The van der Waals surface area contributed by atoms with Crippen molar-refractivity contribution in [3.05, 3.63) is 87.3 Å². The summed E-state index contributed by atoms with van der Waals surface area (Å²) >= 11 is 12.4. The van der Waals surface area contributed by atoms with Gasteiger partial charge in [-0.3, -0.25) is 9.59 Å². The maximum Gasteiger partial charge on any atom is 0.296 e. The van der Waals surface area contributed by atoms with E-state index in [0.717, 1.165) is 5.56 Å². The van der Waals surface area contributed by atoms with Gasteiger partial charge in [0.25, 0.3) is 11.7 Å². The number of aliphatic hydroxyl groups is 1. The molecule has 1 amide bonds. The van der Waals surface area contributed by atoms with Gasteiger partial charge < -0.3 is 23.9 Å². The molecule has 0 aliphatic carbocycles. The Balaban J connectivity index is 1.85. The number of rotatable bonds is 7. The van der Waals surface area contributed by atoms with Crippen molar-refractivity contribution in [2.24, 2.45) is 0 Å². The number of furan rings is 1. The van der Waals surface area contributed by atoms with Gasteiger partial charge in [-0.15, -0.1) is 0 Å². The van der Waals surface area contributed by atoms with E-state index in [1.54, 1.807) is 30.3 Å². The smallest absolute Gasteiger partial charge is 0.296 e. The van der Waals surface area contributed by atoms with Crippen LogP contribution in [0.3, 0.4) is 0 Å². The zero-order chi connectivity index (χ0) is 24.4. The quantitative estimate of drug-likeness (QED) is 0.257. The van der Waals surface area contributed by atoms with Gasteiger partial charge in [-0.1, -0.05) is 35.3 Å². The molecule has 9 heteroatoms. The second-order valence-corrected chi connectivity index (χ2v) is 8.33. The van der Waals surface area contributed by atoms with Crippen LogP contribution in [0.15, 0.2) is 64.8 Å². The Kier molecular flexibility index (Phi) is 6.86. The van der Waals surface area contributed by atoms with Crippen molar-refractivity contribution >= 4 is 40.7 Å². The van der Waals surface area contributed by atoms with Gasteiger partial charge in [-0.25, -0.2) is 0 Å². The van der Waals surface area contributed by atoms with E-state index in [9.17, 15) is 14.7 Å². The lowest BCUT2D eigenvalue weighted by Gasteiger charge is -2.23. The molecule has 1 atom stereocenters. The highest BCUT2D eigenvalue weighted by molar-refractivity contribution is 6.46. The van der Waals surface area contributed by atoms with Crippen LogP contribution in [0, 0.1) is 0 Å². The van der Waals surface area contributed by atoms with Gasteiger partial charge in [0.15, 0.2) is 0 Å². The highest BCUT2D eigenvalue weighted by Crippen LogP contribution is 2.44. The molecule has 1 aliphatic rings. The fourth-order valence-electron chi connectivity index (χ4n) is 3.97. The number of halogens is 2. The lowest BCUT2D eigenvalue weighted by Crippen LogP contribution is -2.29. The number of likely N-dealkylation sites (tertiary alicyclic amines) is 1. The summed E-state index contributed by atoms with van der Waals surface area (Å²) in [5.74, 6) is -1.03. The molecule has 0 radical (unpaired) electrons. The van der Waals surface area contributed by atoms with Crippen molar-refractivity contribution < 1.29 is 28.6 Å². The number of hydrogen-bond donors (Lipinski definition) is 1. The second kappa shape index (κ2) is 9.83. The zero-order valence-corrected chi connectivity index (χ0v) is 19.9. The van der Waals surface area contributed by atoms with Gasteiger partial charge in [0.1, 0.15) is 29.1 Å². The summed E-state index contributed by atoms with van der Waals surface area (Å²) in [6.45, 7) is 2.45. The second-order valence-electron chi connectivity index (χ2n) is 7.49. The standard InChI is InChI=1S/C25H21Cl2NO6/c1-3-33-16-7-4-6-14(10-16)13-28-21(19-8-5-9-34-19)20(23(30)25(28)31)22(29)17-11-15(26)12-18(27)24(17)32-2/h4-12,21,29H,3,13H2,1-2H3/b22-20-. The summed E-state index contributed by atoms with van der Waals surface area (Å²) in [6.07, 6.45) is 1.43. The van der Waals surface area contributed by atoms with E-state index < -0.39 is 23.5 Å². The molecular formula is C25H21Cl2NO6. The molecule has 34 heavy (non-hydrogen) atoms. The topological polar surface area (TPSA) is 89.2 Å². The van der Waals surface area contributed by atoms with Crippen molar-refractivity contribution in [2.45, 2.75) is 19.5 Å². The summed E-state index contributed by atoms with van der Waals surface area (Å²) in [7, 11) is 1.37. The van der Waals surface area contributed by atoms with Crippen LogP contribution >= 0.6 is 23.2 Å². The normalized spacial score (nSPS) is 17.3. The van der Waals surface area contributed by atoms with E-state index in [1.165, 1.54) is 30.4 Å². The molecule has 1 unspecified atom stereocenters. The van der Waals surface area contributed by atoms with E-state index in [-0.39, 0.29) is 33.5 Å². The monoisotopic (exact) mass is 501 g/mol. The van der Waals surface area contributed by atoms with Crippen LogP contribution in [0.1, 0.15) is 29.9 Å². The molecule has 1 N–H and O–H groups in total. The van der Waals surface area contributed by atoms with Crippen LogP contribution in [-0.2, 0) is 16.1 Å². The molecule has 1 saturated heterocycles. The van der Waals surface area contributed by atoms with Crippen LogP contribution in [-0.4, -0.2) is 35.4 Å². The maximum atomic E-state index is 13.2. The van der Waals surface area contributed by atoms with Gasteiger partial charge in [-0.2, -0.15) is 0 Å². The predicted octanol–water partition coefficient (Wildman–Crippen LogP) is 5.62. The molecular weight excluding hydrogens is 481 g/mol. The number of ketones is 1. The van der Waals surface area contributed by atoms with Crippen LogP contribution < -0.4 is 9.47 Å². The molecule has 176 valence electrons. The summed E-state index contributed by atoms with van der Waals surface area (Å²) in [4.78, 5) is 27.7. The Morgan fingerprint density at radius 3 is 2.62 bits per heavy atom. The summed E-state index contributed by atoms with van der Waals surface area (Å²) < 4.78 is 16.4. The van der Waals surface area contributed by atoms with E-state index >= 15 is 0 Å². The first-order valence-corrected chi connectivity index (χ1v) is 11.2. The van der Waals surface area contributed by atoms with Crippen molar-refractivity contribution in [1.29, 1.82) is 0 Å². The zero-order valence-electron chi connectivity index (χ0n) is 18.4. The third kappa shape index (κ3) is 4.36. The number of hydrogen-bond acceptors (Lipinski definition) is 6. The molecule has 1 aromatic heterocycles. The minimum absolute atomic E-state index is 0.0844. The van der Waals surface area contributed by atoms with Gasteiger partial charge in [0.05, 0.1) is 36.1 Å². The number of ether oxygens (including phenoxy) is 2. The number of carbonyl (C=O) groups excluding carboxylic acids is 2. The third-order valence-corrected chi connectivity index (χ3v) is 5.88. The fourth-order valence-corrected chi connectivity index (χ4v) is 4.54. The Hall–Kier alpha value is -3.42. The van der Waals surface area contributed by atoms with Crippen LogP contribution in [0.25, 0.3) is 5.76 Å². The number of amides is 1. The molecule has 0 bridgehead atoms. The number of carbonyl (C=O) groups is 2. The van der Waals surface area contributed by atoms with E-state index in [1.807, 2.05) is 13.0 Å². The number of methoxy groups -OCH3 is 1. The van der Waals surface area contributed by atoms with Gasteiger partial charge in [0, 0.05) is 11.6 Å². The lowest BCUT2D eigenvalue weighted by molar-refractivity contribution is -0.140. The number of benzene rings is 2. The van der Waals surface area contributed by atoms with E-state index in [2.05, 4.69) is 0 Å². The average molecular weight is 502 g/mol. The Labute approximate surface area is 206 Å². The van der Waals surface area contributed by atoms with E-state index in [0.29, 0.717) is 18.1 Å². The average Bonchev–Trinajstić information content (AvgIpc) is 3.41. The first-order chi connectivity index (χ1) is 16.3. The minimum atomic E-state index is -0.979. The SMILES string of the molecule is CCOc1cccc(CN2C(=O)C(=O)/C(=C(\O)c3cc(Cl)cc(Cl)c3OC)C2c2ccco2)c1. The van der Waals surface area contributed by atoms with Gasteiger partial charge in [0.2, 0.25) is 0 Å². The molecule has 0 saturated carbocycles. The van der Waals surface area contributed by atoms with Crippen LogP contribution in [0.4, 0.5) is 0 Å². The Morgan fingerprint density at radius 1 is 1.15 bits per heavy atom. The highest BCUT2D eigenvalue weighted by Gasteiger charge is 2.47. The maximum absolute atomic E-state index is 13.2.